The number of hydrogen-bond acceptors (Lipinski definition) is 4. The van der Waals surface area contributed by atoms with Crippen molar-refractivity contribution in [3.8, 4) is 5.75 Å². The molecule has 0 aliphatic heterocycles. The number of nitrogens with two attached hydrogens (primary N) is 1. The number of para-hydroxylation sites is 1. The predicted molar refractivity (Wildman–Crippen MR) is 64.0 cm³/mol. The minimum atomic E-state index is -0.406. The molecule has 0 radical (unpaired) electrons. The smallest absolute Gasteiger partial charge is 0.271 e. The van der Waals surface area contributed by atoms with E-state index in [9.17, 15) is 9.59 Å². The average Bonchev–Trinajstić information content (AvgIpc) is 2.37. The Bertz CT molecular complexity index is 416. The Kier molecular flexibility index (Phi) is 5.46. The van der Waals surface area contributed by atoms with Crippen LogP contribution in [0.3, 0.4) is 0 Å². The summed E-state index contributed by atoms with van der Waals surface area (Å²) in [5.41, 5.74) is 2.78. The van der Waals surface area contributed by atoms with Crippen LogP contribution < -0.4 is 16.0 Å². The number of nitrogens with one attached hydrogen (secondary N) is 1. The van der Waals surface area contributed by atoms with Gasteiger partial charge in [-0.15, -0.1) is 0 Å². The SMILES string of the molecule is NNC(=O)COc1ccccc1C=CCC=O. The molecule has 0 aromatic heterocycles. The fourth-order valence-corrected chi connectivity index (χ4v) is 1.19. The summed E-state index contributed by atoms with van der Waals surface area (Å²) < 4.78 is 5.29. The lowest BCUT2D eigenvalue weighted by molar-refractivity contribution is -0.123. The summed E-state index contributed by atoms with van der Waals surface area (Å²) in [7, 11) is 0. The van der Waals surface area contributed by atoms with Gasteiger partial charge in [0, 0.05) is 12.0 Å². The number of benzene rings is 1. The van der Waals surface area contributed by atoms with Crippen LogP contribution in [-0.4, -0.2) is 18.8 Å². The second kappa shape index (κ2) is 7.19. The number of allylic oxidation sites excluding steroid dienone is 1. The third-order valence-corrected chi connectivity index (χ3v) is 1.97. The molecule has 0 bridgehead atoms. The van der Waals surface area contributed by atoms with Crippen LogP contribution in [0.4, 0.5) is 0 Å². The highest BCUT2D eigenvalue weighted by Gasteiger charge is 2.02. The summed E-state index contributed by atoms with van der Waals surface area (Å²) in [5, 5.41) is 0. The van der Waals surface area contributed by atoms with Crippen molar-refractivity contribution in [3.05, 3.63) is 35.9 Å². The summed E-state index contributed by atoms with van der Waals surface area (Å²) in [5.74, 6) is 5.10. The Hall–Kier alpha value is -2.14. The van der Waals surface area contributed by atoms with E-state index in [1.807, 2.05) is 17.6 Å². The molecule has 5 heteroatoms. The molecule has 0 aliphatic rings. The maximum Gasteiger partial charge on any atom is 0.271 e. The molecule has 1 aromatic carbocycles. The Morgan fingerprint density at radius 1 is 1.41 bits per heavy atom. The topological polar surface area (TPSA) is 81.4 Å². The van der Waals surface area contributed by atoms with Crippen molar-refractivity contribution < 1.29 is 14.3 Å². The summed E-state index contributed by atoms with van der Waals surface area (Å²) in [6.45, 7) is -0.144. The van der Waals surface area contributed by atoms with Gasteiger partial charge in [0.15, 0.2) is 6.61 Å². The van der Waals surface area contributed by atoms with Crippen LogP contribution in [-0.2, 0) is 9.59 Å². The first-order chi connectivity index (χ1) is 8.27. The molecule has 0 aliphatic carbocycles. The van der Waals surface area contributed by atoms with Gasteiger partial charge in [0.25, 0.3) is 5.91 Å². The van der Waals surface area contributed by atoms with E-state index in [0.717, 1.165) is 11.8 Å². The standard InChI is InChI=1S/C12H14N2O3/c13-14-12(16)9-17-11-7-2-1-5-10(11)6-3-4-8-15/h1-3,5-8H,4,9,13H2,(H,14,16). The molecular formula is C12H14N2O3. The molecular weight excluding hydrogens is 220 g/mol. The summed E-state index contributed by atoms with van der Waals surface area (Å²) in [4.78, 5) is 21.1. The molecule has 0 heterocycles. The van der Waals surface area contributed by atoms with E-state index < -0.39 is 5.91 Å². The quantitative estimate of drug-likeness (QED) is 0.328. The van der Waals surface area contributed by atoms with Gasteiger partial charge in [-0.25, -0.2) is 5.84 Å². The van der Waals surface area contributed by atoms with Crippen molar-refractivity contribution in [1.82, 2.24) is 5.43 Å². The maximum absolute atomic E-state index is 10.9. The van der Waals surface area contributed by atoms with Crippen LogP contribution in [0.2, 0.25) is 0 Å². The van der Waals surface area contributed by atoms with Gasteiger partial charge in [-0.2, -0.15) is 0 Å². The normalized spacial score (nSPS) is 10.2. The highest BCUT2D eigenvalue weighted by atomic mass is 16.5. The zero-order valence-electron chi connectivity index (χ0n) is 9.26. The van der Waals surface area contributed by atoms with E-state index in [-0.39, 0.29) is 6.61 Å². The van der Waals surface area contributed by atoms with E-state index in [1.165, 1.54) is 0 Å². The Labute approximate surface area is 99.2 Å². The number of aldehydes is 1. The molecule has 0 spiro atoms. The van der Waals surface area contributed by atoms with Crippen LogP contribution in [0.15, 0.2) is 30.3 Å². The van der Waals surface area contributed by atoms with Crippen molar-refractivity contribution in [3.63, 3.8) is 0 Å². The van der Waals surface area contributed by atoms with Crippen molar-refractivity contribution >= 4 is 18.3 Å². The molecule has 0 fully saturated rings. The molecule has 1 rings (SSSR count). The van der Waals surface area contributed by atoms with Gasteiger partial charge >= 0.3 is 0 Å². The molecule has 0 unspecified atom stereocenters. The van der Waals surface area contributed by atoms with Gasteiger partial charge in [-0.05, 0) is 6.07 Å². The van der Waals surface area contributed by atoms with Gasteiger partial charge in [-0.1, -0.05) is 30.4 Å². The Morgan fingerprint density at radius 3 is 2.88 bits per heavy atom. The van der Waals surface area contributed by atoms with Crippen LogP contribution in [0.25, 0.3) is 6.08 Å². The number of rotatable bonds is 6. The highest BCUT2D eigenvalue weighted by molar-refractivity contribution is 5.77. The molecule has 1 amide bonds. The van der Waals surface area contributed by atoms with E-state index in [4.69, 9.17) is 10.6 Å². The van der Waals surface area contributed by atoms with Crippen molar-refractivity contribution in [2.45, 2.75) is 6.42 Å². The average molecular weight is 234 g/mol. The predicted octanol–water partition coefficient (Wildman–Crippen LogP) is 0.657. The van der Waals surface area contributed by atoms with Crippen molar-refractivity contribution in [2.24, 2.45) is 5.84 Å². The zero-order chi connectivity index (χ0) is 12.5. The lowest BCUT2D eigenvalue weighted by Gasteiger charge is -2.07. The van der Waals surface area contributed by atoms with E-state index >= 15 is 0 Å². The summed E-state index contributed by atoms with van der Waals surface area (Å²) in [6.07, 6.45) is 4.64. The molecule has 17 heavy (non-hydrogen) atoms. The van der Waals surface area contributed by atoms with E-state index in [1.54, 1.807) is 24.3 Å². The second-order valence-corrected chi connectivity index (χ2v) is 3.20. The lowest BCUT2D eigenvalue weighted by Crippen LogP contribution is -2.34. The van der Waals surface area contributed by atoms with Gasteiger partial charge in [0.1, 0.15) is 12.0 Å². The Morgan fingerprint density at radius 2 is 2.18 bits per heavy atom. The fourth-order valence-electron chi connectivity index (χ4n) is 1.19. The van der Waals surface area contributed by atoms with Crippen LogP contribution in [0.1, 0.15) is 12.0 Å². The van der Waals surface area contributed by atoms with Crippen LogP contribution in [0.5, 0.6) is 5.75 Å². The molecule has 1 aromatic rings. The first kappa shape index (κ1) is 12.9. The number of hydrazine groups is 1. The first-order valence-corrected chi connectivity index (χ1v) is 5.09. The minimum absolute atomic E-state index is 0.144. The van der Waals surface area contributed by atoms with E-state index in [0.29, 0.717) is 12.2 Å². The summed E-state index contributed by atoms with van der Waals surface area (Å²) >= 11 is 0. The molecule has 3 N–H and O–H groups in total. The second-order valence-electron chi connectivity index (χ2n) is 3.20. The third-order valence-electron chi connectivity index (χ3n) is 1.97. The zero-order valence-corrected chi connectivity index (χ0v) is 9.26. The third kappa shape index (κ3) is 4.48. The molecule has 0 saturated heterocycles. The molecule has 0 saturated carbocycles. The van der Waals surface area contributed by atoms with Gasteiger partial charge in [0.2, 0.25) is 0 Å². The fraction of sp³-hybridized carbons (Fsp3) is 0.167. The molecule has 0 atom stereocenters. The number of carbonyl (C=O) groups excluding carboxylic acids is 2. The number of amides is 1. The van der Waals surface area contributed by atoms with Gasteiger partial charge in [-0.3, -0.25) is 10.2 Å². The van der Waals surface area contributed by atoms with Gasteiger partial charge < -0.3 is 9.53 Å². The monoisotopic (exact) mass is 234 g/mol. The molecule has 5 nitrogen and oxygen atoms in total. The van der Waals surface area contributed by atoms with Crippen LogP contribution >= 0.6 is 0 Å². The van der Waals surface area contributed by atoms with E-state index in [2.05, 4.69) is 0 Å². The number of ether oxygens (including phenoxy) is 1. The largest absolute Gasteiger partial charge is 0.483 e. The van der Waals surface area contributed by atoms with Crippen LogP contribution in [0, 0.1) is 0 Å². The highest BCUT2D eigenvalue weighted by Crippen LogP contribution is 2.19. The Balaban J connectivity index is 2.70. The first-order valence-electron chi connectivity index (χ1n) is 5.09. The van der Waals surface area contributed by atoms with Gasteiger partial charge in [0.05, 0.1) is 0 Å². The van der Waals surface area contributed by atoms with Crippen molar-refractivity contribution in [2.75, 3.05) is 6.61 Å². The van der Waals surface area contributed by atoms with Crippen molar-refractivity contribution in [1.29, 1.82) is 0 Å². The molecule has 90 valence electrons. The maximum atomic E-state index is 10.9. The lowest BCUT2D eigenvalue weighted by atomic mass is 10.2. The number of hydrogen-bond donors (Lipinski definition) is 2. The number of carbonyl (C=O) groups is 2. The minimum Gasteiger partial charge on any atom is -0.483 e. The summed E-state index contributed by atoms with van der Waals surface area (Å²) in [6, 6.07) is 7.21.